The van der Waals surface area contributed by atoms with E-state index in [9.17, 15) is 0 Å². The lowest BCUT2D eigenvalue weighted by molar-refractivity contribution is 0.673. The molecule has 0 saturated heterocycles. The van der Waals surface area contributed by atoms with E-state index in [4.69, 9.17) is 19.4 Å². The van der Waals surface area contributed by atoms with Crippen molar-refractivity contribution in [2.75, 3.05) is 0 Å². The van der Waals surface area contributed by atoms with Gasteiger partial charge in [0.2, 0.25) is 0 Å². The number of para-hydroxylation sites is 1. The van der Waals surface area contributed by atoms with Crippen molar-refractivity contribution in [2.24, 2.45) is 0 Å². The minimum absolute atomic E-state index is 0.644. The molecule has 0 saturated carbocycles. The smallest absolute Gasteiger partial charge is 0.165 e. The number of hydrogen-bond acceptors (Lipinski definition) is 5. The molecular formula is C41H23N3OS. The first-order valence-corrected chi connectivity index (χ1v) is 16.1. The van der Waals surface area contributed by atoms with Crippen LogP contribution in [0.25, 0.3) is 97.8 Å². The van der Waals surface area contributed by atoms with E-state index < -0.39 is 0 Å². The first-order chi connectivity index (χ1) is 22.8. The molecule has 7 aromatic carbocycles. The fraction of sp³-hybridized carbons (Fsp3) is 0. The molecule has 46 heavy (non-hydrogen) atoms. The van der Waals surface area contributed by atoms with Gasteiger partial charge in [0, 0.05) is 42.9 Å². The van der Waals surface area contributed by atoms with Gasteiger partial charge in [0.25, 0.3) is 0 Å². The number of aromatic nitrogens is 3. The third-order valence-electron chi connectivity index (χ3n) is 8.88. The van der Waals surface area contributed by atoms with Crippen molar-refractivity contribution in [1.29, 1.82) is 0 Å². The van der Waals surface area contributed by atoms with Crippen molar-refractivity contribution in [2.45, 2.75) is 0 Å². The molecule has 0 amide bonds. The van der Waals surface area contributed by atoms with Crippen molar-refractivity contribution in [3.63, 3.8) is 0 Å². The van der Waals surface area contributed by atoms with E-state index in [0.717, 1.165) is 59.5 Å². The lowest BCUT2D eigenvalue weighted by Gasteiger charge is -2.11. The van der Waals surface area contributed by atoms with Crippen LogP contribution in [0.1, 0.15) is 0 Å². The Morgan fingerprint density at radius 1 is 0.457 bits per heavy atom. The minimum Gasteiger partial charge on any atom is -0.455 e. The Morgan fingerprint density at radius 3 is 1.72 bits per heavy atom. The van der Waals surface area contributed by atoms with E-state index in [1.165, 1.54) is 20.9 Å². The Balaban J connectivity index is 1.30. The topological polar surface area (TPSA) is 51.8 Å². The Bertz CT molecular complexity index is 2730. The van der Waals surface area contributed by atoms with Crippen LogP contribution in [0.4, 0.5) is 0 Å². The maximum atomic E-state index is 6.54. The molecule has 0 atom stereocenters. The first kappa shape index (κ1) is 25.4. The van der Waals surface area contributed by atoms with Crippen LogP contribution in [0.15, 0.2) is 144 Å². The number of nitrogens with zero attached hydrogens (tertiary/aromatic N) is 3. The molecule has 0 unspecified atom stereocenters. The van der Waals surface area contributed by atoms with Crippen LogP contribution in [-0.2, 0) is 0 Å². The zero-order valence-corrected chi connectivity index (χ0v) is 25.3. The van der Waals surface area contributed by atoms with Crippen LogP contribution in [-0.4, -0.2) is 15.0 Å². The van der Waals surface area contributed by atoms with Crippen molar-refractivity contribution in [3.8, 4) is 34.2 Å². The molecule has 10 aromatic rings. The van der Waals surface area contributed by atoms with Crippen LogP contribution >= 0.6 is 11.3 Å². The highest BCUT2D eigenvalue weighted by Gasteiger charge is 2.22. The molecule has 0 N–H and O–H groups in total. The molecule has 214 valence electrons. The van der Waals surface area contributed by atoms with Crippen molar-refractivity contribution < 1.29 is 4.42 Å². The normalized spacial score (nSPS) is 11.9. The average molecular weight is 606 g/mol. The summed E-state index contributed by atoms with van der Waals surface area (Å²) in [7, 11) is 0. The highest BCUT2D eigenvalue weighted by molar-refractivity contribution is 7.26. The lowest BCUT2D eigenvalue weighted by atomic mass is 10.0. The molecule has 0 radical (unpaired) electrons. The summed E-state index contributed by atoms with van der Waals surface area (Å²) < 4.78 is 8.85. The maximum Gasteiger partial charge on any atom is 0.165 e. The Labute approximate surface area is 267 Å². The summed E-state index contributed by atoms with van der Waals surface area (Å²) in [5.74, 6) is 1.93. The van der Waals surface area contributed by atoms with E-state index in [1.807, 2.05) is 12.1 Å². The summed E-state index contributed by atoms with van der Waals surface area (Å²) >= 11 is 1.75. The second-order valence-corrected chi connectivity index (χ2v) is 12.7. The Morgan fingerprint density at radius 2 is 1.02 bits per heavy atom. The van der Waals surface area contributed by atoms with Gasteiger partial charge in [-0.05, 0) is 51.9 Å². The van der Waals surface area contributed by atoms with Gasteiger partial charge in [-0.15, -0.1) is 11.3 Å². The van der Waals surface area contributed by atoms with Gasteiger partial charge >= 0.3 is 0 Å². The van der Waals surface area contributed by atoms with Gasteiger partial charge in [0.15, 0.2) is 17.5 Å². The molecule has 3 heterocycles. The van der Waals surface area contributed by atoms with Gasteiger partial charge in [-0.3, -0.25) is 0 Å². The number of thiophene rings is 1. The van der Waals surface area contributed by atoms with Gasteiger partial charge in [-0.1, -0.05) is 109 Å². The fourth-order valence-corrected chi connectivity index (χ4v) is 7.85. The van der Waals surface area contributed by atoms with Gasteiger partial charge in [-0.25, -0.2) is 15.0 Å². The van der Waals surface area contributed by atoms with Crippen LogP contribution in [0.5, 0.6) is 0 Å². The second kappa shape index (κ2) is 9.80. The number of hydrogen-bond donors (Lipinski definition) is 0. The molecule has 0 aliphatic rings. The minimum atomic E-state index is 0.644. The molecule has 0 fully saturated rings. The monoisotopic (exact) mass is 605 g/mol. The van der Waals surface area contributed by atoms with Gasteiger partial charge in [-0.2, -0.15) is 0 Å². The van der Waals surface area contributed by atoms with Crippen LogP contribution < -0.4 is 0 Å². The van der Waals surface area contributed by atoms with Gasteiger partial charge in [0.1, 0.15) is 11.2 Å². The molecule has 3 aromatic heterocycles. The SMILES string of the molecule is c1ccc2cc(-c3nc(-c4ccc5ccccc5c4)nc(-c4cc5c6ccccc6oc5c5c4sc4ccccc45)n3)ccc2c1. The zero-order chi connectivity index (χ0) is 30.2. The molecular weight excluding hydrogens is 583 g/mol. The van der Waals surface area contributed by atoms with Crippen molar-refractivity contribution in [1.82, 2.24) is 15.0 Å². The van der Waals surface area contributed by atoms with E-state index in [-0.39, 0.29) is 0 Å². The average Bonchev–Trinajstić information content (AvgIpc) is 3.69. The van der Waals surface area contributed by atoms with E-state index in [0.29, 0.717) is 17.5 Å². The van der Waals surface area contributed by atoms with Crippen LogP contribution in [0, 0.1) is 0 Å². The quantitative estimate of drug-likeness (QED) is 0.201. The number of fused-ring (bicyclic) bond motifs is 9. The molecule has 0 aliphatic carbocycles. The second-order valence-electron chi connectivity index (χ2n) is 11.6. The standard InChI is InChI=1S/C41H23N3OS/c1-3-11-26-21-28(19-17-24(26)9-1)39-42-40(29-20-18-25-10-2-4-12-27(25)22-29)44-41(43-39)33-23-32-30-13-5-7-15-34(30)45-37(32)36-31-14-6-8-16-35(31)46-38(33)36/h1-23H. The molecule has 10 rings (SSSR count). The number of benzene rings is 7. The van der Waals surface area contributed by atoms with Crippen molar-refractivity contribution in [3.05, 3.63) is 140 Å². The molecule has 0 bridgehead atoms. The molecule has 5 heteroatoms. The van der Waals surface area contributed by atoms with E-state index in [2.05, 4.69) is 127 Å². The van der Waals surface area contributed by atoms with E-state index >= 15 is 0 Å². The molecule has 0 spiro atoms. The summed E-state index contributed by atoms with van der Waals surface area (Å²) in [4.78, 5) is 15.5. The predicted molar refractivity (Wildman–Crippen MR) is 191 cm³/mol. The zero-order valence-electron chi connectivity index (χ0n) is 24.4. The van der Waals surface area contributed by atoms with Crippen LogP contribution in [0.3, 0.4) is 0 Å². The first-order valence-electron chi connectivity index (χ1n) is 15.3. The number of furan rings is 1. The van der Waals surface area contributed by atoms with Gasteiger partial charge < -0.3 is 4.42 Å². The van der Waals surface area contributed by atoms with E-state index in [1.54, 1.807) is 11.3 Å². The van der Waals surface area contributed by atoms with Gasteiger partial charge in [0.05, 0.1) is 4.70 Å². The highest BCUT2D eigenvalue weighted by atomic mass is 32.1. The highest BCUT2D eigenvalue weighted by Crippen LogP contribution is 2.46. The molecule has 0 aliphatic heterocycles. The summed E-state index contributed by atoms with van der Waals surface area (Å²) in [5.41, 5.74) is 4.65. The Kier molecular flexibility index (Phi) is 5.41. The maximum absolute atomic E-state index is 6.54. The fourth-order valence-electron chi connectivity index (χ4n) is 6.64. The third-order valence-corrected chi connectivity index (χ3v) is 10.1. The Hall–Kier alpha value is -5.91. The van der Waals surface area contributed by atoms with Crippen molar-refractivity contribution >= 4 is 75.0 Å². The summed E-state index contributed by atoms with van der Waals surface area (Å²) in [5, 5.41) is 9.06. The largest absolute Gasteiger partial charge is 0.455 e. The lowest BCUT2D eigenvalue weighted by Crippen LogP contribution is -2.00. The number of rotatable bonds is 3. The predicted octanol–water partition coefficient (Wildman–Crippen LogP) is 11.4. The summed E-state index contributed by atoms with van der Waals surface area (Å²) in [6, 6.07) is 48.6. The molecule has 4 nitrogen and oxygen atoms in total. The third kappa shape index (κ3) is 3.89. The van der Waals surface area contributed by atoms with Crippen LogP contribution in [0.2, 0.25) is 0 Å². The summed E-state index contributed by atoms with van der Waals surface area (Å²) in [6.07, 6.45) is 0. The summed E-state index contributed by atoms with van der Waals surface area (Å²) in [6.45, 7) is 0.